The fourth-order valence-electron chi connectivity index (χ4n) is 1.72. The summed E-state index contributed by atoms with van der Waals surface area (Å²) < 4.78 is 5.27. The van der Waals surface area contributed by atoms with Crippen LogP contribution < -0.4 is 5.32 Å². The first kappa shape index (κ1) is 12.8. The summed E-state index contributed by atoms with van der Waals surface area (Å²) in [7, 11) is 0. The zero-order valence-electron chi connectivity index (χ0n) is 10.3. The predicted octanol–water partition coefficient (Wildman–Crippen LogP) is 3.49. The number of carbonyl (C=O) groups excluding carboxylic acids is 1. The smallest absolute Gasteiger partial charge is 0.252 e. The number of rotatable bonds is 4. The van der Waals surface area contributed by atoms with E-state index in [0.29, 0.717) is 5.56 Å². The lowest BCUT2D eigenvalue weighted by Crippen LogP contribution is -2.26. The number of furan rings is 1. The van der Waals surface area contributed by atoms with Crippen LogP contribution in [0.5, 0.6) is 0 Å². The Kier molecular flexibility index (Phi) is 4.10. The maximum atomic E-state index is 12.2. The summed E-state index contributed by atoms with van der Waals surface area (Å²) >= 11 is 1.56. The van der Waals surface area contributed by atoms with Gasteiger partial charge in [0.2, 0.25) is 0 Å². The summed E-state index contributed by atoms with van der Waals surface area (Å²) in [4.78, 5) is 13.1. The molecule has 1 atom stereocenters. The van der Waals surface area contributed by atoms with E-state index in [1.807, 2.05) is 49.6 Å². The Morgan fingerprint density at radius 1 is 1.28 bits per heavy atom. The molecule has 0 spiro atoms. The highest BCUT2D eigenvalue weighted by molar-refractivity contribution is 7.98. The van der Waals surface area contributed by atoms with Crippen molar-refractivity contribution >= 4 is 17.7 Å². The summed E-state index contributed by atoms with van der Waals surface area (Å²) in [6, 6.07) is 11.1. The molecule has 0 bridgehead atoms. The number of carbonyl (C=O) groups is 1. The minimum atomic E-state index is -0.137. The first-order valence-electron chi connectivity index (χ1n) is 5.69. The van der Waals surface area contributed by atoms with E-state index in [2.05, 4.69) is 5.32 Å². The number of thioether (sulfide) groups is 1. The van der Waals surface area contributed by atoms with Crippen LogP contribution in [0.2, 0.25) is 0 Å². The van der Waals surface area contributed by atoms with E-state index in [9.17, 15) is 4.79 Å². The van der Waals surface area contributed by atoms with Crippen molar-refractivity contribution in [3.63, 3.8) is 0 Å². The quantitative estimate of drug-likeness (QED) is 0.857. The standard InChI is InChI=1S/C14H15NO2S/c1-10(12-7-5-9-17-12)15-14(16)11-6-3-4-8-13(11)18-2/h3-10H,1-2H3,(H,15,16)/t10-/m0/s1. The molecule has 1 N–H and O–H groups in total. The molecule has 18 heavy (non-hydrogen) atoms. The summed E-state index contributed by atoms with van der Waals surface area (Å²) in [6.45, 7) is 1.90. The highest BCUT2D eigenvalue weighted by Crippen LogP contribution is 2.21. The lowest BCUT2D eigenvalue weighted by Gasteiger charge is -2.13. The molecule has 3 nitrogen and oxygen atoms in total. The van der Waals surface area contributed by atoms with Gasteiger partial charge in [-0.15, -0.1) is 11.8 Å². The fraction of sp³-hybridized carbons (Fsp3) is 0.214. The van der Waals surface area contributed by atoms with Gasteiger partial charge in [-0.2, -0.15) is 0 Å². The van der Waals surface area contributed by atoms with Gasteiger partial charge in [0, 0.05) is 4.90 Å². The van der Waals surface area contributed by atoms with Crippen LogP contribution in [-0.4, -0.2) is 12.2 Å². The molecule has 0 radical (unpaired) electrons. The summed E-state index contributed by atoms with van der Waals surface area (Å²) in [5.74, 6) is 0.675. The van der Waals surface area contributed by atoms with Crippen LogP contribution >= 0.6 is 11.8 Å². The minimum absolute atomic E-state index is 0.0798. The summed E-state index contributed by atoms with van der Waals surface area (Å²) in [6.07, 6.45) is 3.57. The van der Waals surface area contributed by atoms with E-state index in [4.69, 9.17) is 4.42 Å². The molecule has 1 heterocycles. The van der Waals surface area contributed by atoms with Crippen LogP contribution in [0.1, 0.15) is 29.1 Å². The van der Waals surface area contributed by atoms with Gasteiger partial charge < -0.3 is 9.73 Å². The maximum Gasteiger partial charge on any atom is 0.252 e. The molecule has 0 aliphatic rings. The van der Waals surface area contributed by atoms with Crippen LogP contribution in [0, 0.1) is 0 Å². The Labute approximate surface area is 111 Å². The molecule has 0 aliphatic heterocycles. The molecule has 0 fully saturated rings. The molecule has 2 aromatic rings. The molecule has 0 saturated carbocycles. The van der Waals surface area contributed by atoms with Gasteiger partial charge in [-0.1, -0.05) is 12.1 Å². The van der Waals surface area contributed by atoms with E-state index in [1.54, 1.807) is 18.0 Å². The molecule has 4 heteroatoms. The number of amides is 1. The van der Waals surface area contributed by atoms with Crippen molar-refractivity contribution in [2.75, 3.05) is 6.26 Å². The lowest BCUT2D eigenvalue weighted by molar-refractivity contribution is 0.0932. The van der Waals surface area contributed by atoms with Gasteiger partial charge in [0.1, 0.15) is 5.76 Å². The Hall–Kier alpha value is -1.68. The number of hydrogen-bond acceptors (Lipinski definition) is 3. The van der Waals surface area contributed by atoms with E-state index in [0.717, 1.165) is 10.7 Å². The number of nitrogens with one attached hydrogen (secondary N) is 1. The van der Waals surface area contributed by atoms with Crippen molar-refractivity contribution in [2.24, 2.45) is 0 Å². The fourth-order valence-corrected chi connectivity index (χ4v) is 2.31. The second-order valence-electron chi connectivity index (χ2n) is 3.91. The van der Waals surface area contributed by atoms with Gasteiger partial charge in [-0.3, -0.25) is 4.79 Å². The van der Waals surface area contributed by atoms with Crippen molar-refractivity contribution in [1.29, 1.82) is 0 Å². The van der Waals surface area contributed by atoms with E-state index in [1.165, 1.54) is 0 Å². The molecular weight excluding hydrogens is 246 g/mol. The Morgan fingerprint density at radius 3 is 2.72 bits per heavy atom. The van der Waals surface area contributed by atoms with Crippen molar-refractivity contribution < 1.29 is 9.21 Å². The minimum Gasteiger partial charge on any atom is -0.467 e. The third-order valence-corrected chi connectivity index (χ3v) is 3.46. The molecule has 0 aliphatic carbocycles. The van der Waals surface area contributed by atoms with Crippen molar-refractivity contribution in [3.05, 3.63) is 54.0 Å². The van der Waals surface area contributed by atoms with Crippen LogP contribution in [0.4, 0.5) is 0 Å². The van der Waals surface area contributed by atoms with E-state index in [-0.39, 0.29) is 11.9 Å². The molecule has 1 amide bonds. The number of benzene rings is 1. The average molecular weight is 261 g/mol. The Balaban J connectivity index is 2.12. The average Bonchev–Trinajstić information content (AvgIpc) is 2.92. The van der Waals surface area contributed by atoms with Crippen LogP contribution in [0.3, 0.4) is 0 Å². The molecule has 1 aromatic carbocycles. The molecule has 94 valence electrons. The van der Waals surface area contributed by atoms with Gasteiger partial charge in [-0.25, -0.2) is 0 Å². The third-order valence-electron chi connectivity index (χ3n) is 2.67. The summed E-state index contributed by atoms with van der Waals surface area (Å²) in [5.41, 5.74) is 0.698. The first-order valence-corrected chi connectivity index (χ1v) is 6.92. The van der Waals surface area contributed by atoms with Crippen LogP contribution in [0.15, 0.2) is 52.0 Å². The lowest BCUT2D eigenvalue weighted by atomic mass is 10.2. The normalized spacial score (nSPS) is 12.1. The second-order valence-corrected chi connectivity index (χ2v) is 4.76. The van der Waals surface area contributed by atoms with Gasteiger partial charge in [0.05, 0.1) is 17.9 Å². The van der Waals surface area contributed by atoms with Crippen molar-refractivity contribution in [1.82, 2.24) is 5.32 Å². The van der Waals surface area contributed by atoms with Gasteiger partial charge in [-0.05, 0) is 37.4 Å². The molecule has 0 unspecified atom stereocenters. The monoisotopic (exact) mass is 261 g/mol. The van der Waals surface area contributed by atoms with Crippen molar-refractivity contribution in [2.45, 2.75) is 17.9 Å². The van der Waals surface area contributed by atoms with E-state index < -0.39 is 0 Å². The number of hydrogen-bond donors (Lipinski definition) is 1. The maximum absolute atomic E-state index is 12.2. The van der Waals surface area contributed by atoms with Gasteiger partial charge >= 0.3 is 0 Å². The highest BCUT2D eigenvalue weighted by Gasteiger charge is 2.15. The molecule has 1 aromatic heterocycles. The molecular formula is C14H15NO2S. The van der Waals surface area contributed by atoms with Gasteiger partial charge in [0.25, 0.3) is 5.91 Å². The largest absolute Gasteiger partial charge is 0.467 e. The van der Waals surface area contributed by atoms with Crippen LogP contribution in [-0.2, 0) is 0 Å². The van der Waals surface area contributed by atoms with Gasteiger partial charge in [0.15, 0.2) is 0 Å². The van der Waals surface area contributed by atoms with Crippen molar-refractivity contribution in [3.8, 4) is 0 Å². The molecule has 0 saturated heterocycles. The Bertz CT molecular complexity index is 522. The van der Waals surface area contributed by atoms with E-state index >= 15 is 0 Å². The topological polar surface area (TPSA) is 42.2 Å². The molecule has 2 rings (SSSR count). The first-order chi connectivity index (χ1) is 8.72. The zero-order chi connectivity index (χ0) is 13.0. The SMILES string of the molecule is CSc1ccccc1C(=O)N[C@@H](C)c1ccco1. The Morgan fingerprint density at radius 2 is 2.06 bits per heavy atom. The van der Waals surface area contributed by atoms with Crippen LogP contribution in [0.25, 0.3) is 0 Å². The summed E-state index contributed by atoms with van der Waals surface area (Å²) in [5, 5.41) is 2.93. The highest BCUT2D eigenvalue weighted by atomic mass is 32.2. The zero-order valence-corrected chi connectivity index (χ0v) is 11.2. The predicted molar refractivity (Wildman–Crippen MR) is 72.8 cm³/mol. The second kappa shape index (κ2) is 5.78. The third kappa shape index (κ3) is 2.76.